The minimum Gasteiger partial charge on any atom is -0.478 e. The van der Waals surface area contributed by atoms with E-state index in [4.69, 9.17) is 0 Å². The van der Waals surface area contributed by atoms with Gasteiger partial charge in [-0.15, -0.1) is 0 Å². The van der Waals surface area contributed by atoms with Gasteiger partial charge in [0.2, 0.25) is 0 Å². The molecule has 3 rings (SSSR count). The molecule has 2 aromatic carbocycles. The Hall–Kier alpha value is -2.82. The van der Waals surface area contributed by atoms with Crippen LogP contribution >= 0.6 is 0 Å². The molecule has 0 amide bonds. The molecule has 0 saturated heterocycles. The Morgan fingerprint density at radius 2 is 1.72 bits per heavy atom. The van der Waals surface area contributed by atoms with E-state index in [1.165, 1.54) is 12.1 Å². The standard InChI is InChI=1S/C20H17F2NO2/c1-20(2,3)12-5-7-17-13(9-12)14(19(24)25)10-18(23-17)11-4-6-15(21)16(22)8-11/h4-10H,1-3H3,(H,24,25). The van der Waals surface area contributed by atoms with Crippen molar-refractivity contribution in [1.29, 1.82) is 0 Å². The summed E-state index contributed by atoms with van der Waals surface area (Å²) in [6.45, 7) is 6.12. The maximum Gasteiger partial charge on any atom is 0.336 e. The summed E-state index contributed by atoms with van der Waals surface area (Å²) < 4.78 is 26.6. The first-order chi connectivity index (χ1) is 11.7. The number of halogens is 2. The van der Waals surface area contributed by atoms with Crippen LogP contribution in [0.2, 0.25) is 0 Å². The average molecular weight is 341 g/mol. The van der Waals surface area contributed by atoms with Crippen molar-refractivity contribution in [2.24, 2.45) is 0 Å². The zero-order chi connectivity index (χ0) is 18.4. The Labute approximate surface area is 144 Å². The smallest absolute Gasteiger partial charge is 0.336 e. The van der Waals surface area contributed by atoms with Crippen molar-refractivity contribution in [2.75, 3.05) is 0 Å². The van der Waals surface area contributed by atoms with Crippen molar-refractivity contribution in [1.82, 2.24) is 4.98 Å². The molecule has 5 heteroatoms. The zero-order valence-corrected chi connectivity index (χ0v) is 14.1. The van der Waals surface area contributed by atoms with Crippen LogP contribution in [-0.2, 0) is 5.41 Å². The summed E-state index contributed by atoms with van der Waals surface area (Å²) >= 11 is 0. The second-order valence-electron chi connectivity index (χ2n) is 6.97. The van der Waals surface area contributed by atoms with Crippen molar-refractivity contribution in [3.05, 3.63) is 65.2 Å². The first kappa shape index (κ1) is 17.0. The lowest BCUT2D eigenvalue weighted by Gasteiger charge is -2.20. The summed E-state index contributed by atoms with van der Waals surface area (Å²) in [7, 11) is 0. The molecule has 1 aromatic heterocycles. The van der Waals surface area contributed by atoms with Gasteiger partial charge in [-0.05, 0) is 47.4 Å². The third-order valence-corrected chi connectivity index (χ3v) is 4.12. The van der Waals surface area contributed by atoms with E-state index in [1.54, 1.807) is 6.07 Å². The molecule has 0 spiro atoms. The highest BCUT2D eigenvalue weighted by Gasteiger charge is 2.18. The van der Waals surface area contributed by atoms with E-state index in [9.17, 15) is 18.7 Å². The molecule has 3 nitrogen and oxygen atoms in total. The SMILES string of the molecule is CC(C)(C)c1ccc2nc(-c3ccc(F)c(F)c3)cc(C(=O)O)c2c1. The molecule has 3 aromatic rings. The summed E-state index contributed by atoms with van der Waals surface area (Å²) in [4.78, 5) is 16.1. The maximum atomic E-state index is 13.5. The third-order valence-electron chi connectivity index (χ3n) is 4.12. The number of fused-ring (bicyclic) bond motifs is 1. The minimum absolute atomic E-state index is 0.0795. The highest BCUT2D eigenvalue weighted by molar-refractivity contribution is 6.04. The number of benzene rings is 2. The van der Waals surface area contributed by atoms with E-state index >= 15 is 0 Å². The molecule has 0 bridgehead atoms. The molecule has 1 heterocycles. The van der Waals surface area contributed by atoms with Crippen LogP contribution in [0.1, 0.15) is 36.7 Å². The lowest BCUT2D eigenvalue weighted by atomic mass is 9.86. The summed E-state index contributed by atoms with van der Waals surface area (Å²) in [6, 6.07) is 10.3. The topological polar surface area (TPSA) is 50.2 Å². The highest BCUT2D eigenvalue weighted by Crippen LogP contribution is 2.30. The second kappa shape index (κ2) is 5.92. The van der Waals surface area contributed by atoms with Gasteiger partial charge in [0.15, 0.2) is 11.6 Å². The van der Waals surface area contributed by atoms with Gasteiger partial charge >= 0.3 is 5.97 Å². The fourth-order valence-corrected chi connectivity index (χ4v) is 2.67. The molecule has 0 fully saturated rings. The number of nitrogens with zero attached hydrogens (tertiary/aromatic N) is 1. The molecule has 128 valence electrons. The average Bonchev–Trinajstić information content (AvgIpc) is 2.54. The van der Waals surface area contributed by atoms with Gasteiger partial charge in [0.05, 0.1) is 16.8 Å². The number of carboxylic acids is 1. The molecule has 0 aliphatic heterocycles. The van der Waals surface area contributed by atoms with Crippen molar-refractivity contribution in [2.45, 2.75) is 26.2 Å². The van der Waals surface area contributed by atoms with Crippen LogP contribution in [0.15, 0.2) is 42.5 Å². The van der Waals surface area contributed by atoms with Crippen LogP contribution in [-0.4, -0.2) is 16.1 Å². The maximum absolute atomic E-state index is 13.5. The van der Waals surface area contributed by atoms with E-state index in [0.29, 0.717) is 16.5 Å². The predicted molar refractivity (Wildman–Crippen MR) is 92.8 cm³/mol. The monoisotopic (exact) mass is 341 g/mol. The zero-order valence-electron chi connectivity index (χ0n) is 14.1. The van der Waals surface area contributed by atoms with Gasteiger partial charge in [-0.3, -0.25) is 0 Å². The van der Waals surface area contributed by atoms with Crippen LogP contribution in [0.4, 0.5) is 8.78 Å². The molecule has 0 unspecified atom stereocenters. The number of carboxylic acid groups (broad SMARTS) is 1. The molecule has 25 heavy (non-hydrogen) atoms. The Kier molecular flexibility index (Phi) is 4.03. The largest absolute Gasteiger partial charge is 0.478 e. The number of rotatable bonds is 2. The summed E-state index contributed by atoms with van der Waals surface area (Å²) in [5.41, 5.74) is 2.03. The third kappa shape index (κ3) is 3.22. The van der Waals surface area contributed by atoms with Crippen LogP contribution in [0.3, 0.4) is 0 Å². The Morgan fingerprint density at radius 1 is 1.00 bits per heavy atom. The number of carbonyl (C=O) groups is 1. The predicted octanol–water partition coefficient (Wildman–Crippen LogP) is 5.18. The molecule has 0 atom stereocenters. The van der Waals surface area contributed by atoms with Gasteiger partial charge in [0.25, 0.3) is 0 Å². The van der Waals surface area contributed by atoms with Crippen LogP contribution in [0, 0.1) is 11.6 Å². The van der Waals surface area contributed by atoms with Crippen LogP contribution in [0.25, 0.3) is 22.2 Å². The highest BCUT2D eigenvalue weighted by atomic mass is 19.2. The first-order valence-corrected chi connectivity index (χ1v) is 7.81. The Bertz CT molecular complexity index is 991. The number of hydrogen-bond acceptors (Lipinski definition) is 2. The van der Waals surface area contributed by atoms with Gasteiger partial charge in [-0.1, -0.05) is 26.8 Å². The van der Waals surface area contributed by atoms with Gasteiger partial charge in [0.1, 0.15) is 0 Å². The fraction of sp³-hybridized carbons (Fsp3) is 0.200. The summed E-state index contributed by atoms with van der Waals surface area (Å²) in [5.74, 6) is -3.06. The van der Waals surface area contributed by atoms with Crippen molar-refractivity contribution in [3.63, 3.8) is 0 Å². The fourth-order valence-electron chi connectivity index (χ4n) is 2.67. The van der Waals surface area contributed by atoms with Gasteiger partial charge in [-0.25, -0.2) is 18.6 Å². The molecule has 0 aliphatic carbocycles. The molecular weight excluding hydrogens is 324 g/mol. The number of aromatic nitrogens is 1. The van der Waals surface area contributed by atoms with E-state index in [-0.39, 0.29) is 16.7 Å². The van der Waals surface area contributed by atoms with E-state index in [1.807, 2.05) is 32.9 Å². The Morgan fingerprint density at radius 3 is 2.32 bits per heavy atom. The second-order valence-corrected chi connectivity index (χ2v) is 6.97. The number of hydrogen-bond donors (Lipinski definition) is 1. The quantitative estimate of drug-likeness (QED) is 0.699. The number of aromatic carboxylic acids is 1. The van der Waals surface area contributed by atoms with Crippen molar-refractivity contribution >= 4 is 16.9 Å². The van der Waals surface area contributed by atoms with Gasteiger partial charge in [-0.2, -0.15) is 0 Å². The lowest BCUT2D eigenvalue weighted by molar-refractivity contribution is 0.0699. The summed E-state index contributed by atoms with van der Waals surface area (Å²) in [5, 5.41) is 10.1. The normalized spacial score (nSPS) is 11.7. The van der Waals surface area contributed by atoms with E-state index in [0.717, 1.165) is 17.7 Å². The van der Waals surface area contributed by atoms with Crippen molar-refractivity contribution < 1.29 is 18.7 Å². The van der Waals surface area contributed by atoms with Crippen LogP contribution < -0.4 is 0 Å². The molecule has 0 aliphatic rings. The lowest BCUT2D eigenvalue weighted by Crippen LogP contribution is -2.11. The molecular formula is C20H17F2NO2. The number of pyridine rings is 1. The van der Waals surface area contributed by atoms with Crippen molar-refractivity contribution in [3.8, 4) is 11.3 Å². The molecule has 1 N–H and O–H groups in total. The van der Waals surface area contributed by atoms with Gasteiger partial charge in [0, 0.05) is 10.9 Å². The Balaban J connectivity index is 2.26. The molecule has 0 saturated carbocycles. The van der Waals surface area contributed by atoms with E-state index in [2.05, 4.69) is 4.98 Å². The minimum atomic E-state index is -1.10. The van der Waals surface area contributed by atoms with E-state index < -0.39 is 17.6 Å². The molecule has 0 radical (unpaired) electrons. The summed E-state index contributed by atoms with van der Waals surface area (Å²) in [6.07, 6.45) is 0. The first-order valence-electron chi connectivity index (χ1n) is 7.81. The van der Waals surface area contributed by atoms with Crippen LogP contribution in [0.5, 0.6) is 0 Å². The van der Waals surface area contributed by atoms with Gasteiger partial charge < -0.3 is 5.11 Å².